The van der Waals surface area contributed by atoms with Gasteiger partial charge in [0.05, 0.1) is 29.2 Å². The van der Waals surface area contributed by atoms with E-state index in [2.05, 4.69) is 21.0 Å². The molecular formula is C16H17BrN2O2. The van der Waals surface area contributed by atoms with Crippen molar-refractivity contribution in [2.75, 3.05) is 7.11 Å². The van der Waals surface area contributed by atoms with Gasteiger partial charge in [-0.05, 0) is 37.5 Å². The van der Waals surface area contributed by atoms with E-state index >= 15 is 0 Å². The second-order valence-corrected chi connectivity index (χ2v) is 7.31. The first-order chi connectivity index (χ1) is 9.99. The minimum Gasteiger partial charge on any atom is -0.497 e. The van der Waals surface area contributed by atoms with E-state index in [-0.39, 0.29) is 5.78 Å². The number of alkyl halides is 1. The molecule has 1 aromatic carbocycles. The highest BCUT2D eigenvalue weighted by atomic mass is 79.9. The van der Waals surface area contributed by atoms with Gasteiger partial charge >= 0.3 is 0 Å². The third-order valence-electron chi connectivity index (χ3n) is 3.89. The Hall–Kier alpha value is -1.62. The number of rotatable bonds is 3. The number of carbonyl (C=O) groups is 1. The van der Waals surface area contributed by atoms with Crippen LogP contribution in [0.4, 0.5) is 0 Å². The molecular weight excluding hydrogens is 332 g/mol. The first-order valence-corrected chi connectivity index (χ1v) is 7.72. The maximum atomic E-state index is 12.4. The minimum absolute atomic E-state index is 0.129. The summed E-state index contributed by atoms with van der Waals surface area (Å²) in [7, 11) is 1.65. The Labute approximate surface area is 132 Å². The number of methoxy groups -OCH3 is 1. The molecule has 21 heavy (non-hydrogen) atoms. The Morgan fingerprint density at radius 1 is 1.38 bits per heavy atom. The Bertz CT molecular complexity index is 674. The van der Waals surface area contributed by atoms with Gasteiger partial charge in [0.25, 0.3) is 0 Å². The van der Waals surface area contributed by atoms with Crippen LogP contribution in [0, 0.1) is 0 Å². The zero-order valence-corrected chi connectivity index (χ0v) is 13.7. The van der Waals surface area contributed by atoms with E-state index in [1.165, 1.54) is 0 Å². The largest absolute Gasteiger partial charge is 0.497 e. The molecule has 1 aliphatic rings. The van der Waals surface area contributed by atoms with Crippen molar-refractivity contribution < 1.29 is 9.53 Å². The quantitative estimate of drug-likeness (QED) is 0.800. The summed E-state index contributed by atoms with van der Waals surface area (Å²) in [4.78, 5) is 12.4. The van der Waals surface area contributed by atoms with Crippen molar-refractivity contribution in [3.8, 4) is 5.75 Å². The lowest BCUT2D eigenvalue weighted by Crippen LogP contribution is -2.33. The van der Waals surface area contributed by atoms with Gasteiger partial charge in [0.15, 0.2) is 5.78 Å². The van der Waals surface area contributed by atoms with E-state index < -0.39 is 4.32 Å². The molecule has 0 bridgehead atoms. The van der Waals surface area contributed by atoms with E-state index in [1.807, 2.05) is 42.1 Å². The average Bonchev–Trinajstić information content (AvgIpc) is 2.87. The van der Waals surface area contributed by atoms with Gasteiger partial charge in [-0.3, -0.25) is 9.48 Å². The number of aryl methyl sites for hydroxylation is 1. The lowest BCUT2D eigenvalue weighted by atomic mass is 9.88. The lowest BCUT2D eigenvalue weighted by molar-refractivity contribution is 0.0940. The number of aromatic nitrogens is 2. The number of hydrogen-bond acceptors (Lipinski definition) is 3. The minimum atomic E-state index is -0.450. The summed E-state index contributed by atoms with van der Waals surface area (Å²) < 4.78 is 6.55. The van der Waals surface area contributed by atoms with Gasteiger partial charge in [-0.2, -0.15) is 5.10 Å². The maximum absolute atomic E-state index is 12.4. The van der Waals surface area contributed by atoms with E-state index in [1.54, 1.807) is 7.11 Å². The Balaban J connectivity index is 1.83. The molecule has 5 heteroatoms. The van der Waals surface area contributed by atoms with Gasteiger partial charge in [0.2, 0.25) is 0 Å². The molecule has 1 aromatic heterocycles. The average molecular weight is 349 g/mol. The third kappa shape index (κ3) is 2.75. The summed E-state index contributed by atoms with van der Waals surface area (Å²) in [5.74, 6) is 0.966. The molecule has 0 N–H and O–H groups in total. The summed E-state index contributed by atoms with van der Waals surface area (Å²) in [6.07, 6.45) is 3.48. The van der Waals surface area contributed by atoms with Crippen molar-refractivity contribution in [1.82, 2.24) is 9.78 Å². The van der Waals surface area contributed by atoms with Crippen LogP contribution in [-0.4, -0.2) is 27.0 Å². The smallest absolute Gasteiger partial charge is 0.182 e. The van der Waals surface area contributed by atoms with Crippen LogP contribution < -0.4 is 4.74 Å². The second kappa shape index (κ2) is 5.30. The van der Waals surface area contributed by atoms with E-state index in [9.17, 15) is 4.79 Å². The van der Waals surface area contributed by atoms with Crippen LogP contribution in [0.25, 0.3) is 0 Å². The molecule has 1 heterocycles. The number of ketones is 1. The molecule has 0 saturated carbocycles. The molecule has 1 atom stereocenters. The molecule has 4 nitrogen and oxygen atoms in total. The van der Waals surface area contributed by atoms with Crippen molar-refractivity contribution in [1.29, 1.82) is 0 Å². The number of hydrogen-bond donors (Lipinski definition) is 0. The number of fused-ring (bicyclic) bond motifs is 1. The predicted molar refractivity (Wildman–Crippen MR) is 84.3 cm³/mol. The maximum Gasteiger partial charge on any atom is 0.182 e. The van der Waals surface area contributed by atoms with E-state index in [0.717, 1.165) is 35.4 Å². The number of nitrogens with zero attached hydrogens (tertiary/aromatic N) is 2. The zero-order valence-electron chi connectivity index (χ0n) is 12.1. The van der Waals surface area contributed by atoms with Gasteiger partial charge < -0.3 is 4.74 Å². The van der Waals surface area contributed by atoms with Crippen LogP contribution >= 0.6 is 15.9 Å². The fourth-order valence-electron chi connectivity index (χ4n) is 2.58. The Kier molecular flexibility index (Phi) is 3.61. The number of carbonyl (C=O) groups excluding carboxylic acids is 1. The summed E-state index contributed by atoms with van der Waals surface area (Å²) in [5.41, 5.74) is 2.78. The van der Waals surface area contributed by atoms with Gasteiger partial charge in [-0.25, -0.2) is 0 Å². The van der Waals surface area contributed by atoms with Crippen LogP contribution in [0.1, 0.15) is 35.0 Å². The highest BCUT2D eigenvalue weighted by molar-refractivity contribution is 9.10. The van der Waals surface area contributed by atoms with Crippen LogP contribution in [0.3, 0.4) is 0 Å². The van der Waals surface area contributed by atoms with Crippen molar-refractivity contribution in [3.05, 3.63) is 47.3 Å². The van der Waals surface area contributed by atoms with E-state index in [4.69, 9.17) is 4.74 Å². The molecule has 0 spiro atoms. The molecule has 1 aliphatic carbocycles. The fraction of sp³-hybridized carbons (Fsp3) is 0.375. The molecule has 3 rings (SSSR count). The summed E-state index contributed by atoms with van der Waals surface area (Å²) in [6, 6.07) is 7.88. The summed E-state index contributed by atoms with van der Waals surface area (Å²) in [6.45, 7) is 2.59. The number of Topliss-reactive ketones (excluding diaryl/α,β-unsaturated/α-hetero) is 1. The standard InChI is InChI=1S/C16H17BrN2O2/c1-16(17)8-7-14-13(15(16)20)10-19(18-14)9-11-3-5-12(21-2)6-4-11/h3-6,10H,7-9H2,1-2H3. The summed E-state index contributed by atoms with van der Waals surface area (Å²) >= 11 is 3.52. The summed E-state index contributed by atoms with van der Waals surface area (Å²) in [5, 5.41) is 4.55. The zero-order chi connectivity index (χ0) is 15.0. The highest BCUT2D eigenvalue weighted by Gasteiger charge is 2.37. The molecule has 0 saturated heterocycles. The molecule has 0 amide bonds. The van der Waals surface area contributed by atoms with Crippen molar-refractivity contribution >= 4 is 21.7 Å². The monoisotopic (exact) mass is 348 g/mol. The topological polar surface area (TPSA) is 44.1 Å². The Morgan fingerprint density at radius 2 is 2.10 bits per heavy atom. The van der Waals surface area contributed by atoms with Gasteiger partial charge in [0, 0.05) is 6.20 Å². The second-order valence-electron chi connectivity index (χ2n) is 5.56. The van der Waals surface area contributed by atoms with Crippen molar-refractivity contribution in [2.45, 2.75) is 30.6 Å². The van der Waals surface area contributed by atoms with Crippen LogP contribution in [-0.2, 0) is 13.0 Å². The van der Waals surface area contributed by atoms with Gasteiger partial charge in [-0.1, -0.05) is 28.1 Å². The molecule has 110 valence electrons. The van der Waals surface area contributed by atoms with Crippen molar-refractivity contribution in [3.63, 3.8) is 0 Å². The Morgan fingerprint density at radius 3 is 2.76 bits per heavy atom. The van der Waals surface area contributed by atoms with Gasteiger partial charge in [0.1, 0.15) is 5.75 Å². The van der Waals surface area contributed by atoms with Gasteiger partial charge in [-0.15, -0.1) is 0 Å². The number of halogens is 1. The highest BCUT2D eigenvalue weighted by Crippen LogP contribution is 2.34. The van der Waals surface area contributed by atoms with Crippen LogP contribution in [0.2, 0.25) is 0 Å². The third-order valence-corrected chi connectivity index (χ3v) is 4.65. The number of ether oxygens (including phenoxy) is 1. The predicted octanol–water partition coefficient (Wildman–Crippen LogP) is 3.22. The first kappa shape index (κ1) is 14.3. The first-order valence-electron chi connectivity index (χ1n) is 6.92. The van der Waals surface area contributed by atoms with Crippen LogP contribution in [0.5, 0.6) is 5.75 Å². The van der Waals surface area contributed by atoms with Crippen LogP contribution in [0.15, 0.2) is 30.5 Å². The van der Waals surface area contributed by atoms with Crippen molar-refractivity contribution in [2.24, 2.45) is 0 Å². The molecule has 1 unspecified atom stereocenters. The lowest BCUT2D eigenvalue weighted by Gasteiger charge is -2.24. The van der Waals surface area contributed by atoms with E-state index in [0.29, 0.717) is 6.54 Å². The molecule has 0 radical (unpaired) electrons. The SMILES string of the molecule is COc1ccc(Cn2cc3c(n2)CCC(C)(Br)C3=O)cc1. The number of benzene rings is 1. The fourth-order valence-corrected chi connectivity index (χ4v) is 2.99. The molecule has 2 aromatic rings. The normalized spacial score (nSPS) is 21.2. The molecule has 0 fully saturated rings. The molecule has 0 aliphatic heterocycles.